The number of ether oxygens (including phenoxy) is 1. The van der Waals surface area contributed by atoms with Crippen molar-refractivity contribution in [3.05, 3.63) is 22.6 Å². The first kappa shape index (κ1) is 13.8. The maximum atomic E-state index is 11.3. The summed E-state index contributed by atoms with van der Waals surface area (Å²) in [4.78, 5) is 0.120. The van der Waals surface area contributed by atoms with Crippen molar-refractivity contribution in [2.45, 2.75) is 45.6 Å². The van der Waals surface area contributed by atoms with E-state index < -0.39 is 10.1 Å². The highest BCUT2D eigenvalue weighted by molar-refractivity contribution is 7.89. The van der Waals surface area contributed by atoms with Gasteiger partial charge in [0.25, 0.3) is 10.1 Å². The Kier molecular flexibility index (Phi) is 3.67. The molecule has 2 atom stereocenters. The molecule has 18 heavy (non-hydrogen) atoms. The molecule has 102 valence electrons. The number of rotatable bonds is 4. The first-order valence-electron chi connectivity index (χ1n) is 6.34. The molecule has 1 fully saturated rings. The van der Waals surface area contributed by atoms with Gasteiger partial charge in [-0.3, -0.25) is 4.55 Å². The molecule has 4 nitrogen and oxygen atoms in total. The molecule has 1 aliphatic heterocycles. The molecule has 1 N–H and O–H groups in total. The molecule has 0 aromatic rings. The fourth-order valence-corrected chi connectivity index (χ4v) is 3.47. The minimum atomic E-state index is -4.08. The average Bonchev–Trinajstić information content (AvgIpc) is 2.24. The Morgan fingerprint density at radius 2 is 2.17 bits per heavy atom. The van der Waals surface area contributed by atoms with Crippen LogP contribution in [0.4, 0.5) is 0 Å². The fourth-order valence-electron chi connectivity index (χ4n) is 2.77. The predicted octanol–water partition coefficient (Wildman–Crippen LogP) is 2.68. The molecule has 1 heterocycles. The van der Waals surface area contributed by atoms with E-state index in [1.807, 2.05) is 13.0 Å². The van der Waals surface area contributed by atoms with Crippen LogP contribution in [-0.4, -0.2) is 25.7 Å². The maximum absolute atomic E-state index is 11.3. The predicted molar refractivity (Wildman–Crippen MR) is 69.7 cm³/mol. The molecule has 0 amide bonds. The fraction of sp³-hybridized carbons (Fsp3) is 0.692. The van der Waals surface area contributed by atoms with Crippen LogP contribution in [0, 0.1) is 5.41 Å². The van der Waals surface area contributed by atoms with Gasteiger partial charge in [0, 0.05) is 6.61 Å². The van der Waals surface area contributed by atoms with E-state index >= 15 is 0 Å². The Bertz CT molecular complexity index is 485. The van der Waals surface area contributed by atoms with Crippen LogP contribution in [0.15, 0.2) is 22.6 Å². The van der Waals surface area contributed by atoms with Gasteiger partial charge in [-0.05, 0) is 44.1 Å². The second-order valence-corrected chi connectivity index (χ2v) is 6.73. The van der Waals surface area contributed by atoms with Crippen molar-refractivity contribution in [2.75, 3.05) is 6.61 Å². The van der Waals surface area contributed by atoms with Gasteiger partial charge in [0.1, 0.15) is 0 Å². The molecule has 1 aliphatic carbocycles. The molecule has 2 unspecified atom stereocenters. The molecule has 1 saturated heterocycles. The third-order valence-electron chi connectivity index (χ3n) is 4.29. The first-order chi connectivity index (χ1) is 8.37. The van der Waals surface area contributed by atoms with Gasteiger partial charge in [0.2, 0.25) is 0 Å². The third-order valence-corrected chi connectivity index (χ3v) is 5.23. The van der Waals surface area contributed by atoms with Crippen molar-refractivity contribution in [3.63, 3.8) is 0 Å². The van der Waals surface area contributed by atoms with Crippen molar-refractivity contribution >= 4 is 10.1 Å². The summed E-state index contributed by atoms with van der Waals surface area (Å²) in [6.07, 6.45) is 6.66. The Balaban J connectivity index is 2.26. The lowest BCUT2D eigenvalue weighted by Gasteiger charge is -2.41. The summed E-state index contributed by atoms with van der Waals surface area (Å²) in [5.74, 6) is 0. The molecule has 0 bridgehead atoms. The van der Waals surface area contributed by atoms with Crippen molar-refractivity contribution in [1.82, 2.24) is 0 Å². The zero-order valence-electron chi connectivity index (χ0n) is 10.8. The van der Waals surface area contributed by atoms with Crippen molar-refractivity contribution in [1.29, 1.82) is 0 Å². The molecule has 0 aromatic heterocycles. The zero-order valence-corrected chi connectivity index (χ0v) is 11.7. The van der Waals surface area contributed by atoms with Crippen LogP contribution in [0.5, 0.6) is 0 Å². The summed E-state index contributed by atoms with van der Waals surface area (Å²) >= 11 is 0. The lowest BCUT2D eigenvalue weighted by Crippen LogP contribution is -2.36. The molecule has 2 rings (SSSR count). The van der Waals surface area contributed by atoms with E-state index in [9.17, 15) is 13.0 Å². The topological polar surface area (TPSA) is 63.6 Å². The van der Waals surface area contributed by atoms with Gasteiger partial charge in [0.15, 0.2) is 0 Å². The molecular formula is C13H20O4S. The van der Waals surface area contributed by atoms with Gasteiger partial charge in [-0.2, -0.15) is 8.42 Å². The lowest BCUT2D eigenvalue weighted by molar-refractivity contribution is -0.0721. The van der Waals surface area contributed by atoms with E-state index in [0.717, 1.165) is 25.9 Å². The van der Waals surface area contributed by atoms with E-state index in [1.54, 1.807) is 0 Å². The summed E-state index contributed by atoms with van der Waals surface area (Å²) in [7, 11) is -4.08. The van der Waals surface area contributed by atoms with E-state index in [2.05, 4.69) is 6.92 Å². The Morgan fingerprint density at radius 1 is 1.50 bits per heavy atom. The summed E-state index contributed by atoms with van der Waals surface area (Å²) in [6.45, 7) is 4.89. The summed E-state index contributed by atoms with van der Waals surface area (Å²) in [5, 5.41) is 0. The molecule has 0 saturated carbocycles. The minimum Gasteiger partial charge on any atom is -0.378 e. The van der Waals surface area contributed by atoms with Gasteiger partial charge >= 0.3 is 0 Å². The van der Waals surface area contributed by atoms with Crippen LogP contribution in [0.1, 0.15) is 39.5 Å². The van der Waals surface area contributed by atoms with Crippen LogP contribution in [0.25, 0.3) is 0 Å². The molecule has 0 radical (unpaired) electrons. The number of allylic oxidation sites excluding steroid dienone is 4. The maximum Gasteiger partial charge on any atom is 0.290 e. The van der Waals surface area contributed by atoms with Crippen LogP contribution in [0.3, 0.4) is 0 Å². The Hall–Kier alpha value is -0.650. The van der Waals surface area contributed by atoms with Crippen LogP contribution in [-0.2, 0) is 14.9 Å². The van der Waals surface area contributed by atoms with Crippen LogP contribution in [0.2, 0.25) is 0 Å². The molecule has 0 aromatic carbocycles. The van der Waals surface area contributed by atoms with Gasteiger partial charge in [0.05, 0.1) is 11.0 Å². The van der Waals surface area contributed by atoms with Crippen LogP contribution >= 0.6 is 0 Å². The number of hydrogen-bond acceptors (Lipinski definition) is 3. The molecule has 5 heteroatoms. The smallest absolute Gasteiger partial charge is 0.290 e. The zero-order chi connectivity index (χ0) is 13.4. The summed E-state index contributed by atoms with van der Waals surface area (Å²) in [5.41, 5.74) is 0.984. The third kappa shape index (κ3) is 2.53. The molecular weight excluding hydrogens is 252 g/mol. The first-order valence-corrected chi connectivity index (χ1v) is 7.78. The average molecular weight is 272 g/mol. The van der Waals surface area contributed by atoms with Crippen molar-refractivity contribution in [2.24, 2.45) is 5.41 Å². The standard InChI is InChI=1S/C13H20O4S/c1-3-13(8-11-6-7-17-11)9-12(18(14,15)16)5-4-10(13)2/h4-5,11H,3,6-9H2,1-2H3,(H,14,15,16). The highest BCUT2D eigenvalue weighted by Gasteiger charge is 2.39. The highest BCUT2D eigenvalue weighted by atomic mass is 32.2. The van der Waals surface area contributed by atoms with Crippen molar-refractivity contribution < 1.29 is 17.7 Å². The monoisotopic (exact) mass is 272 g/mol. The Labute approximate surface area is 108 Å². The quantitative estimate of drug-likeness (QED) is 0.799. The largest absolute Gasteiger partial charge is 0.378 e. The molecule has 0 spiro atoms. The van der Waals surface area contributed by atoms with E-state index in [4.69, 9.17) is 4.74 Å². The van der Waals surface area contributed by atoms with Gasteiger partial charge in [-0.25, -0.2) is 0 Å². The second-order valence-electron chi connectivity index (χ2n) is 5.25. The second kappa shape index (κ2) is 4.79. The minimum absolute atomic E-state index is 0.120. The van der Waals surface area contributed by atoms with Gasteiger partial charge in [-0.1, -0.05) is 18.6 Å². The van der Waals surface area contributed by atoms with Gasteiger partial charge < -0.3 is 4.74 Å². The van der Waals surface area contributed by atoms with Crippen molar-refractivity contribution in [3.8, 4) is 0 Å². The normalized spacial score (nSPS) is 32.5. The SMILES string of the molecule is CCC1(CC2CCO2)CC(S(=O)(=O)O)=CC=C1C. The summed E-state index contributed by atoms with van der Waals surface area (Å²) < 4.78 is 37.3. The van der Waals surface area contributed by atoms with E-state index in [1.165, 1.54) is 11.6 Å². The van der Waals surface area contributed by atoms with E-state index in [0.29, 0.717) is 6.42 Å². The Morgan fingerprint density at radius 3 is 2.61 bits per heavy atom. The summed E-state index contributed by atoms with van der Waals surface area (Å²) in [6, 6.07) is 0. The lowest BCUT2D eigenvalue weighted by atomic mass is 9.69. The number of hydrogen-bond donors (Lipinski definition) is 1. The highest BCUT2D eigenvalue weighted by Crippen LogP contribution is 2.47. The molecule has 2 aliphatic rings. The van der Waals surface area contributed by atoms with Gasteiger partial charge in [-0.15, -0.1) is 0 Å². The van der Waals surface area contributed by atoms with Crippen LogP contribution < -0.4 is 0 Å². The van der Waals surface area contributed by atoms with E-state index in [-0.39, 0.29) is 16.4 Å².